The van der Waals surface area contributed by atoms with Crippen LogP contribution in [0.4, 0.5) is 0 Å². The normalized spacial score (nSPS) is 12.2. The summed E-state index contributed by atoms with van der Waals surface area (Å²) in [5.41, 5.74) is 1.49. The highest BCUT2D eigenvalue weighted by molar-refractivity contribution is 7.99. The molecule has 7 heteroatoms. The molecule has 0 N–H and O–H groups in total. The summed E-state index contributed by atoms with van der Waals surface area (Å²) >= 11 is 1.24. The van der Waals surface area contributed by atoms with Crippen molar-refractivity contribution in [2.45, 2.75) is 38.1 Å². The first kappa shape index (κ1) is 18.4. The Hall–Kier alpha value is -1.99. The SMILES string of the molecule is CC(C)OCC(C)OC(=O)CSc1nccc(-c2ccccn2)n1. The maximum atomic E-state index is 11.9. The van der Waals surface area contributed by atoms with E-state index in [0.717, 1.165) is 11.4 Å². The molecule has 0 bridgehead atoms. The number of ether oxygens (including phenoxy) is 2. The molecule has 0 saturated heterocycles. The van der Waals surface area contributed by atoms with Gasteiger partial charge in [0.2, 0.25) is 0 Å². The largest absolute Gasteiger partial charge is 0.460 e. The van der Waals surface area contributed by atoms with Gasteiger partial charge in [-0.2, -0.15) is 0 Å². The zero-order valence-corrected chi connectivity index (χ0v) is 14.8. The van der Waals surface area contributed by atoms with E-state index in [4.69, 9.17) is 9.47 Å². The molecule has 24 heavy (non-hydrogen) atoms. The van der Waals surface area contributed by atoms with Gasteiger partial charge >= 0.3 is 5.97 Å². The van der Waals surface area contributed by atoms with Crippen molar-refractivity contribution in [3.63, 3.8) is 0 Å². The summed E-state index contributed by atoms with van der Waals surface area (Å²) in [6.07, 6.45) is 3.20. The third-order valence-corrected chi connectivity index (χ3v) is 3.71. The summed E-state index contributed by atoms with van der Waals surface area (Å²) in [5, 5.41) is 0.515. The maximum absolute atomic E-state index is 11.9. The van der Waals surface area contributed by atoms with E-state index in [1.165, 1.54) is 11.8 Å². The molecular formula is C17H21N3O3S. The van der Waals surface area contributed by atoms with Crippen molar-refractivity contribution in [3.05, 3.63) is 36.7 Å². The lowest BCUT2D eigenvalue weighted by Gasteiger charge is -2.15. The summed E-state index contributed by atoms with van der Waals surface area (Å²) < 4.78 is 10.7. The molecule has 0 amide bonds. The van der Waals surface area contributed by atoms with Gasteiger partial charge in [-0.15, -0.1) is 0 Å². The number of esters is 1. The highest BCUT2D eigenvalue weighted by Crippen LogP contribution is 2.18. The molecule has 2 aromatic heterocycles. The first-order valence-electron chi connectivity index (χ1n) is 7.73. The fourth-order valence-electron chi connectivity index (χ4n) is 1.81. The number of hydrogen-bond acceptors (Lipinski definition) is 7. The fourth-order valence-corrected chi connectivity index (χ4v) is 2.42. The zero-order chi connectivity index (χ0) is 17.4. The fraction of sp³-hybridized carbons (Fsp3) is 0.412. The van der Waals surface area contributed by atoms with Crippen molar-refractivity contribution in [2.24, 2.45) is 0 Å². The first-order valence-corrected chi connectivity index (χ1v) is 8.71. The molecule has 0 aliphatic rings. The summed E-state index contributed by atoms with van der Waals surface area (Å²) in [4.78, 5) is 24.7. The number of aromatic nitrogens is 3. The predicted octanol–water partition coefficient (Wildman–Crippen LogP) is 2.99. The van der Waals surface area contributed by atoms with E-state index in [1.807, 2.05) is 39.0 Å². The first-order chi connectivity index (χ1) is 11.5. The lowest BCUT2D eigenvalue weighted by Crippen LogP contribution is -2.23. The van der Waals surface area contributed by atoms with Crippen LogP contribution in [0.2, 0.25) is 0 Å². The van der Waals surface area contributed by atoms with E-state index >= 15 is 0 Å². The summed E-state index contributed by atoms with van der Waals surface area (Å²) in [5.74, 6) is -0.163. The van der Waals surface area contributed by atoms with E-state index in [0.29, 0.717) is 11.8 Å². The Morgan fingerprint density at radius 1 is 1.12 bits per heavy atom. The van der Waals surface area contributed by atoms with Crippen LogP contribution in [0, 0.1) is 0 Å². The van der Waals surface area contributed by atoms with Crippen LogP contribution in [-0.4, -0.2) is 45.5 Å². The van der Waals surface area contributed by atoms with Gasteiger partial charge in [-0.25, -0.2) is 9.97 Å². The van der Waals surface area contributed by atoms with Crippen molar-refractivity contribution < 1.29 is 14.3 Å². The van der Waals surface area contributed by atoms with Crippen LogP contribution >= 0.6 is 11.8 Å². The maximum Gasteiger partial charge on any atom is 0.316 e. The van der Waals surface area contributed by atoms with Gasteiger partial charge in [0.05, 0.1) is 29.9 Å². The molecule has 0 aliphatic heterocycles. The van der Waals surface area contributed by atoms with Crippen LogP contribution in [0.3, 0.4) is 0 Å². The van der Waals surface area contributed by atoms with Crippen molar-refractivity contribution in [1.29, 1.82) is 0 Å². The molecule has 0 radical (unpaired) electrons. The van der Waals surface area contributed by atoms with Gasteiger partial charge < -0.3 is 9.47 Å². The molecule has 0 aromatic carbocycles. The van der Waals surface area contributed by atoms with Gasteiger partial charge in [-0.1, -0.05) is 17.8 Å². The van der Waals surface area contributed by atoms with Crippen LogP contribution in [-0.2, 0) is 14.3 Å². The van der Waals surface area contributed by atoms with Gasteiger partial charge in [0.1, 0.15) is 6.10 Å². The van der Waals surface area contributed by atoms with Crippen molar-refractivity contribution in [1.82, 2.24) is 15.0 Å². The number of hydrogen-bond donors (Lipinski definition) is 0. The number of carbonyl (C=O) groups excluding carboxylic acids is 1. The molecule has 0 aliphatic carbocycles. The number of rotatable bonds is 8. The second-order valence-electron chi connectivity index (χ2n) is 5.41. The smallest absolute Gasteiger partial charge is 0.316 e. The van der Waals surface area contributed by atoms with Crippen molar-refractivity contribution in [3.8, 4) is 11.4 Å². The van der Waals surface area contributed by atoms with E-state index in [1.54, 1.807) is 18.5 Å². The molecule has 0 saturated carbocycles. The second kappa shape index (κ2) is 9.34. The van der Waals surface area contributed by atoms with Gasteiger partial charge in [0.25, 0.3) is 0 Å². The summed E-state index contributed by atoms with van der Waals surface area (Å²) in [6, 6.07) is 7.41. The number of pyridine rings is 1. The minimum Gasteiger partial charge on any atom is -0.460 e. The number of nitrogens with zero attached hydrogens (tertiary/aromatic N) is 3. The van der Waals surface area contributed by atoms with E-state index in [-0.39, 0.29) is 23.9 Å². The Bertz CT molecular complexity index is 653. The number of thioether (sulfide) groups is 1. The highest BCUT2D eigenvalue weighted by Gasteiger charge is 2.12. The quantitative estimate of drug-likeness (QED) is 0.413. The molecule has 2 aromatic rings. The highest BCUT2D eigenvalue weighted by atomic mass is 32.2. The Morgan fingerprint density at radius 3 is 2.67 bits per heavy atom. The lowest BCUT2D eigenvalue weighted by molar-refractivity contribution is -0.148. The Labute approximate surface area is 146 Å². The molecule has 128 valence electrons. The van der Waals surface area contributed by atoms with Crippen LogP contribution in [0.15, 0.2) is 41.8 Å². The average molecular weight is 347 g/mol. The Morgan fingerprint density at radius 2 is 1.96 bits per heavy atom. The van der Waals surface area contributed by atoms with Crippen LogP contribution < -0.4 is 0 Å². The molecule has 0 fully saturated rings. The van der Waals surface area contributed by atoms with Gasteiger partial charge in [0, 0.05) is 12.4 Å². The topological polar surface area (TPSA) is 74.2 Å². The standard InChI is InChI=1S/C17H21N3O3S/c1-12(2)22-10-13(3)23-16(21)11-24-17-19-9-7-15(20-17)14-6-4-5-8-18-14/h4-9,12-13H,10-11H2,1-3H3. The van der Waals surface area contributed by atoms with Gasteiger partial charge in [-0.05, 0) is 39.0 Å². The van der Waals surface area contributed by atoms with Crippen molar-refractivity contribution >= 4 is 17.7 Å². The third kappa shape index (κ3) is 6.25. The average Bonchev–Trinajstić information content (AvgIpc) is 2.59. The summed E-state index contributed by atoms with van der Waals surface area (Å²) in [7, 11) is 0. The molecule has 2 heterocycles. The number of carbonyl (C=O) groups is 1. The van der Waals surface area contributed by atoms with E-state index < -0.39 is 0 Å². The van der Waals surface area contributed by atoms with E-state index in [9.17, 15) is 4.79 Å². The lowest BCUT2D eigenvalue weighted by atomic mass is 10.3. The molecule has 1 atom stereocenters. The van der Waals surface area contributed by atoms with E-state index in [2.05, 4.69) is 15.0 Å². The van der Waals surface area contributed by atoms with Crippen LogP contribution in [0.5, 0.6) is 0 Å². The Kier molecular flexibility index (Phi) is 7.14. The zero-order valence-electron chi connectivity index (χ0n) is 14.0. The minimum atomic E-state index is -0.313. The van der Waals surface area contributed by atoms with Crippen LogP contribution in [0.25, 0.3) is 11.4 Å². The van der Waals surface area contributed by atoms with Crippen molar-refractivity contribution in [2.75, 3.05) is 12.4 Å². The minimum absolute atomic E-state index is 0.114. The Balaban J connectivity index is 1.85. The molecule has 0 spiro atoms. The molecule has 6 nitrogen and oxygen atoms in total. The third-order valence-electron chi connectivity index (χ3n) is 2.88. The predicted molar refractivity (Wildman–Crippen MR) is 92.6 cm³/mol. The van der Waals surface area contributed by atoms with Gasteiger partial charge in [0.15, 0.2) is 5.16 Å². The summed E-state index contributed by atoms with van der Waals surface area (Å²) in [6.45, 7) is 6.08. The monoisotopic (exact) mass is 347 g/mol. The molecular weight excluding hydrogens is 326 g/mol. The van der Waals surface area contributed by atoms with Gasteiger partial charge in [-0.3, -0.25) is 9.78 Å². The second-order valence-corrected chi connectivity index (χ2v) is 6.35. The molecule has 1 unspecified atom stereocenters. The van der Waals surface area contributed by atoms with Crippen LogP contribution in [0.1, 0.15) is 20.8 Å². The molecule has 2 rings (SSSR count).